The monoisotopic (exact) mass is 244 g/mol. The molecule has 0 radical (unpaired) electrons. The van der Waals surface area contributed by atoms with Crippen LogP contribution < -0.4 is 5.73 Å². The number of rotatable bonds is 3. The number of benzene rings is 1. The number of nitrogens with zero attached hydrogens (tertiary/aromatic N) is 1. The number of fused-ring (bicyclic) bond motifs is 1. The summed E-state index contributed by atoms with van der Waals surface area (Å²) in [4.78, 5) is 0. The van der Waals surface area contributed by atoms with Crippen molar-refractivity contribution in [3.8, 4) is 0 Å². The fraction of sp³-hybridized carbons (Fsp3) is 0.273. The van der Waals surface area contributed by atoms with Crippen LogP contribution in [0.15, 0.2) is 30.5 Å². The van der Waals surface area contributed by atoms with E-state index in [0.29, 0.717) is 5.69 Å². The largest absolute Gasteiger partial charge is 0.522 e. The van der Waals surface area contributed by atoms with Crippen molar-refractivity contribution in [1.29, 1.82) is 0 Å². The molecule has 3 nitrogen and oxygen atoms in total. The molecule has 0 saturated heterocycles. The lowest BCUT2D eigenvalue weighted by molar-refractivity contribution is -0.325. The molecule has 17 heavy (non-hydrogen) atoms. The minimum absolute atomic E-state index is 0.131. The van der Waals surface area contributed by atoms with Crippen molar-refractivity contribution in [3.05, 3.63) is 30.5 Å². The van der Waals surface area contributed by atoms with E-state index in [1.165, 1.54) is 0 Å². The Hall–Kier alpha value is -1.69. The first-order valence-corrected chi connectivity index (χ1v) is 5.01. The van der Waals surface area contributed by atoms with Gasteiger partial charge in [-0.1, -0.05) is 6.07 Å². The SMILES string of the molecule is Nc1ccc2ccn(CCOC(F)(F)F)c2c1. The summed E-state index contributed by atoms with van der Waals surface area (Å²) in [5.74, 6) is 0. The van der Waals surface area contributed by atoms with Gasteiger partial charge in [0.1, 0.15) is 0 Å². The molecule has 2 aromatic rings. The zero-order valence-electron chi connectivity index (χ0n) is 8.87. The zero-order chi connectivity index (χ0) is 12.5. The van der Waals surface area contributed by atoms with Crippen LogP contribution in [0.25, 0.3) is 10.9 Å². The summed E-state index contributed by atoms with van der Waals surface area (Å²) in [5, 5.41) is 0.936. The molecule has 1 aromatic heterocycles. The van der Waals surface area contributed by atoms with Gasteiger partial charge in [0, 0.05) is 18.4 Å². The lowest BCUT2D eigenvalue weighted by Crippen LogP contribution is -2.17. The van der Waals surface area contributed by atoms with Crippen molar-refractivity contribution in [2.75, 3.05) is 12.3 Å². The Bertz CT molecular complexity index is 519. The van der Waals surface area contributed by atoms with Crippen LogP contribution in [0.3, 0.4) is 0 Å². The average molecular weight is 244 g/mol. The second-order valence-electron chi connectivity index (χ2n) is 3.62. The van der Waals surface area contributed by atoms with Gasteiger partial charge in [-0.05, 0) is 23.6 Å². The molecule has 0 aliphatic carbocycles. The highest BCUT2D eigenvalue weighted by Crippen LogP contribution is 2.20. The van der Waals surface area contributed by atoms with E-state index in [-0.39, 0.29) is 6.54 Å². The van der Waals surface area contributed by atoms with Gasteiger partial charge in [-0.2, -0.15) is 0 Å². The van der Waals surface area contributed by atoms with Gasteiger partial charge in [-0.25, -0.2) is 0 Å². The second-order valence-corrected chi connectivity index (χ2v) is 3.62. The molecule has 1 heterocycles. The van der Waals surface area contributed by atoms with Gasteiger partial charge < -0.3 is 10.3 Å². The summed E-state index contributed by atoms with van der Waals surface area (Å²) in [5.41, 5.74) is 7.00. The van der Waals surface area contributed by atoms with E-state index in [0.717, 1.165) is 10.9 Å². The van der Waals surface area contributed by atoms with Crippen LogP contribution >= 0.6 is 0 Å². The number of nitrogens with two attached hydrogens (primary N) is 1. The molecular weight excluding hydrogens is 233 g/mol. The number of aromatic nitrogens is 1. The van der Waals surface area contributed by atoms with Gasteiger partial charge in [-0.15, -0.1) is 13.2 Å². The molecule has 0 saturated carbocycles. The highest BCUT2D eigenvalue weighted by Gasteiger charge is 2.28. The van der Waals surface area contributed by atoms with Crippen molar-refractivity contribution in [2.24, 2.45) is 0 Å². The van der Waals surface area contributed by atoms with E-state index in [9.17, 15) is 13.2 Å². The third-order valence-corrected chi connectivity index (χ3v) is 2.40. The zero-order valence-corrected chi connectivity index (χ0v) is 8.87. The molecule has 0 aliphatic heterocycles. The Labute approximate surface area is 95.6 Å². The maximum Gasteiger partial charge on any atom is 0.522 e. The first kappa shape index (κ1) is 11.8. The predicted molar refractivity (Wildman–Crippen MR) is 58.4 cm³/mol. The molecule has 2 N–H and O–H groups in total. The summed E-state index contributed by atoms with van der Waals surface area (Å²) in [7, 11) is 0. The fourth-order valence-corrected chi connectivity index (χ4v) is 1.66. The Morgan fingerprint density at radius 1 is 1.24 bits per heavy atom. The summed E-state index contributed by atoms with van der Waals surface area (Å²) in [6.45, 7) is -0.283. The normalized spacial score (nSPS) is 12.2. The third kappa shape index (κ3) is 2.91. The average Bonchev–Trinajstić information content (AvgIpc) is 2.59. The Kier molecular flexibility index (Phi) is 2.97. The number of ether oxygens (including phenoxy) is 1. The Balaban J connectivity index is 2.11. The summed E-state index contributed by atoms with van der Waals surface area (Å²) < 4.78 is 40.8. The number of nitrogen functional groups attached to an aromatic ring is 1. The van der Waals surface area contributed by atoms with E-state index >= 15 is 0 Å². The number of anilines is 1. The Morgan fingerprint density at radius 3 is 2.71 bits per heavy atom. The second kappa shape index (κ2) is 4.29. The molecule has 0 spiro atoms. The third-order valence-electron chi connectivity index (χ3n) is 2.40. The first-order chi connectivity index (χ1) is 7.96. The highest BCUT2D eigenvalue weighted by atomic mass is 19.4. The minimum atomic E-state index is -4.58. The van der Waals surface area contributed by atoms with Crippen molar-refractivity contribution in [3.63, 3.8) is 0 Å². The van der Waals surface area contributed by atoms with Crippen LogP contribution in [0.2, 0.25) is 0 Å². The standard InChI is InChI=1S/C11H11F3N2O/c12-11(13,14)17-6-5-16-4-3-8-1-2-9(15)7-10(8)16/h1-4,7H,5-6,15H2. The van der Waals surface area contributed by atoms with Crippen molar-refractivity contribution < 1.29 is 17.9 Å². The van der Waals surface area contributed by atoms with Gasteiger partial charge in [0.05, 0.1) is 12.1 Å². The smallest absolute Gasteiger partial charge is 0.399 e. The number of hydrogen-bond donors (Lipinski definition) is 1. The Morgan fingerprint density at radius 2 is 2.00 bits per heavy atom. The predicted octanol–water partition coefficient (Wildman–Crippen LogP) is 2.76. The molecule has 0 bridgehead atoms. The van der Waals surface area contributed by atoms with E-state index in [1.807, 2.05) is 12.1 Å². The molecule has 92 valence electrons. The molecule has 0 amide bonds. The molecule has 0 aliphatic rings. The lowest BCUT2D eigenvalue weighted by atomic mass is 10.2. The van der Waals surface area contributed by atoms with E-state index < -0.39 is 13.0 Å². The molecule has 0 unspecified atom stereocenters. The molecule has 1 aromatic carbocycles. The van der Waals surface area contributed by atoms with Gasteiger partial charge in [-0.3, -0.25) is 4.74 Å². The number of alkyl halides is 3. The molecule has 2 rings (SSSR count). The van der Waals surface area contributed by atoms with Crippen LogP contribution in [-0.2, 0) is 11.3 Å². The van der Waals surface area contributed by atoms with Gasteiger partial charge >= 0.3 is 6.36 Å². The van der Waals surface area contributed by atoms with Gasteiger partial charge in [0.25, 0.3) is 0 Å². The number of halogens is 3. The molecular formula is C11H11F3N2O. The first-order valence-electron chi connectivity index (χ1n) is 5.01. The lowest BCUT2D eigenvalue weighted by Gasteiger charge is -2.09. The number of hydrogen-bond acceptors (Lipinski definition) is 2. The van der Waals surface area contributed by atoms with Crippen LogP contribution in [-0.4, -0.2) is 17.5 Å². The topological polar surface area (TPSA) is 40.2 Å². The maximum absolute atomic E-state index is 11.8. The molecule has 0 atom stereocenters. The van der Waals surface area contributed by atoms with Gasteiger partial charge in [0.15, 0.2) is 0 Å². The summed E-state index contributed by atoms with van der Waals surface area (Å²) in [6, 6.07) is 7.12. The van der Waals surface area contributed by atoms with E-state index in [4.69, 9.17) is 5.73 Å². The van der Waals surface area contributed by atoms with E-state index in [2.05, 4.69) is 4.74 Å². The van der Waals surface area contributed by atoms with Crippen LogP contribution in [0, 0.1) is 0 Å². The van der Waals surface area contributed by atoms with Crippen molar-refractivity contribution in [2.45, 2.75) is 12.9 Å². The minimum Gasteiger partial charge on any atom is -0.399 e. The van der Waals surface area contributed by atoms with Crippen LogP contribution in [0.4, 0.5) is 18.9 Å². The van der Waals surface area contributed by atoms with Crippen LogP contribution in [0.5, 0.6) is 0 Å². The van der Waals surface area contributed by atoms with Gasteiger partial charge in [0.2, 0.25) is 0 Å². The summed E-state index contributed by atoms with van der Waals surface area (Å²) >= 11 is 0. The van der Waals surface area contributed by atoms with Crippen LogP contribution in [0.1, 0.15) is 0 Å². The fourth-order valence-electron chi connectivity index (χ4n) is 1.66. The highest BCUT2D eigenvalue weighted by molar-refractivity contribution is 5.83. The van der Waals surface area contributed by atoms with Crippen molar-refractivity contribution in [1.82, 2.24) is 4.57 Å². The maximum atomic E-state index is 11.8. The quantitative estimate of drug-likeness (QED) is 0.843. The molecule has 0 fully saturated rings. The van der Waals surface area contributed by atoms with E-state index in [1.54, 1.807) is 22.9 Å². The van der Waals surface area contributed by atoms with Crippen molar-refractivity contribution >= 4 is 16.6 Å². The molecule has 6 heteroatoms. The summed E-state index contributed by atoms with van der Waals surface area (Å²) in [6.07, 6.45) is -2.87.